The lowest BCUT2D eigenvalue weighted by molar-refractivity contribution is 0.330. The van der Waals surface area contributed by atoms with Crippen molar-refractivity contribution in [1.82, 2.24) is 0 Å². The van der Waals surface area contributed by atoms with Gasteiger partial charge in [0.1, 0.15) is 0 Å². The maximum atomic E-state index is 3.58. The highest BCUT2D eigenvalue weighted by Crippen LogP contribution is 2.47. The van der Waals surface area contributed by atoms with Crippen LogP contribution in [-0.4, -0.2) is 5.33 Å². The molecule has 1 aromatic rings. The average molecular weight is 295 g/mol. The van der Waals surface area contributed by atoms with E-state index >= 15 is 0 Å². The van der Waals surface area contributed by atoms with E-state index in [2.05, 4.69) is 61.8 Å². The zero-order valence-electron chi connectivity index (χ0n) is 11.4. The smallest absolute Gasteiger partial charge is 0.00719 e. The van der Waals surface area contributed by atoms with Crippen LogP contribution in [0.1, 0.15) is 57.2 Å². The zero-order chi connectivity index (χ0) is 12.7. The van der Waals surface area contributed by atoms with Crippen molar-refractivity contribution in [3.05, 3.63) is 34.9 Å². The predicted molar refractivity (Wildman–Crippen MR) is 79.2 cm³/mol. The van der Waals surface area contributed by atoms with Gasteiger partial charge in [0.15, 0.2) is 0 Å². The monoisotopic (exact) mass is 294 g/mol. The molecule has 1 aliphatic carbocycles. The molecule has 0 amide bonds. The number of rotatable bonds is 2. The first-order valence-electron chi connectivity index (χ1n) is 6.57. The molecule has 0 nitrogen and oxygen atoms in total. The summed E-state index contributed by atoms with van der Waals surface area (Å²) < 4.78 is 0. The Hall–Kier alpha value is -0.300. The van der Waals surface area contributed by atoms with E-state index in [0.29, 0.717) is 10.8 Å². The molecule has 0 radical (unpaired) electrons. The molecule has 1 aromatic carbocycles. The van der Waals surface area contributed by atoms with Crippen molar-refractivity contribution < 1.29 is 0 Å². The molecule has 0 saturated carbocycles. The molecule has 0 bridgehead atoms. The van der Waals surface area contributed by atoms with E-state index in [1.807, 2.05) is 0 Å². The average Bonchev–Trinajstić information content (AvgIpc) is 2.25. The molecule has 0 aromatic heterocycles. The Bertz CT molecular complexity index is 416. The van der Waals surface area contributed by atoms with Crippen molar-refractivity contribution in [2.24, 2.45) is 0 Å². The van der Waals surface area contributed by atoms with Crippen LogP contribution in [0.2, 0.25) is 0 Å². The number of hydrogen-bond acceptors (Lipinski definition) is 0. The molecule has 0 unspecified atom stereocenters. The first-order valence-corrected chi connectivity index (χ1v) is 7.69. The van der Waals surface area contributed by atoms with Crippen molar-refractivity contribution in [2.75, 3.05) is 5.33 Å². The van der Waals surface area contributed by atoms with Gasteiger partial charge in [0.2, 0.25) is 0 Å². The summed E-state index contributed by atoms with van der Waals surface area (Å²) in [6.45, 7) is 9.58. The number of aryl methyl sites for hydroxylation is 1. The second kappa shape index (κ2) is 4.42. The largest absolute Gasteiger partial charge is 0.0924 e. The van der Waals surface area contributed by atoms with Gasteiger partial charge in [0.25, 0.3) is 0 Å². The fraction of sp³-hybridized carbons (Fsp3) is 0.625. The number of hydrogen-bond donors (Lipinski definition) is 0. The Morgan fingerprint density at radius 1 is 1.06 bits per heavy atom. The molecule has 17 heavy (non-hydrogen) atoms. The summed E-state index contributed by atoms with van der Waals surface area (Å²) >= 11 is 3.58. The van der Waals surface area contributed by atoms with Crippen LogP contribution in [0.4, 0.5) is 0 Å². The molecule has 0 fully saturated rings. The standard InChI is InChI=1S/C16H23Br/c1-15(2)9-10-16(3,4)14-12(8-11-17)6-5-7-13(14)15/h5-7H,8-11H2,1-4H3. The SMILES string of the molecule is CC1(C)CCC(C)(C)c2c(CCBr)cccc21. The van der Waals surface area contributed by atoms with Gasteiger partial charge in [0.05, 0.1) is 0 Å². The van der Waals surface area contributed by atoms with Gasteiger partial charge in [-0.25, -0.2) is 0 Å². The summed E-state index contributed by atoms with van der Waals surface area (Å²) in [5.41, 5.74) is 5.41. The molecule has 94 valence electrons. The van der Waals surface area contributed by atoms with Gasteiger partial charge in [-0.15, -0.1) is 0 Å². The first-order chi connectivity index (χ1) is 7.88. The molecule has 0 heterocycles. The minimum Gasteiger partial charge on any atom is -0.0924 e. The van der Waals surface area contributed by atoms with E-state index in [1.54, 1.807) is 11.1 Å². The summed E-state index contributed by atoms with van der Waals surface area (Å²) in [5.74, 6) is 0. The minimum atomic E-state index is 0.337. The highest BCUT2D eigenvalue weighted by molar-refractivity contribution is 9.09. The van der Waals surface area contributed by atoms with E-state index in [0.717, 1.165) is 11.8 Å². The maximum absolute atomic E-state index is 3.58. The van der Waals surface area contributed by atoms with Gasteiger partial charge in [-0.2, -0.15) is 0 Å². The Kier molecular flexibility index (Phi) is 3.42. The zero-order valence-corrected chi connectivity index (χ0v) is 13.0. The van der Waals surface area contributed by atoms with E-state index < -0.39 is 0 Å². The van der Waals surface area contributed by atoms with Crippen molar-refractivity contribution in [2.45, 2.75) is 57.8 Å². The molecule has 0 N–H and O–H groups in total. The second-order valence-corrected chi connectivity index (χ2v) is 7.34. The quantitative estimate of drug-likeness (QED) is 0.675. The van der Waals surface area contributed by atoms with Crippen molar-refractivity contribution in [3.8, 4) is 0 Å². The normalized spacial score (nSPS) is 21.0. The topological polar surface area (TPSA) is 0 Å². The lowest BCUT2D eigenvalue weighted by Crippen LogP contribution is -2.35. The van der Waals surface area contributed by atoms with Gasteiger partial charge in [-0.1, -0.05) is 61.8 Å². The van der Waals surface area contributed by atoms with Crippen molar-refractivity contribution >= 4 is 15.9 Å². The molecule has 0 saturated heterocycles. The lowest BCUT2D eigenvalue weighted by atomic mass is 9.62. The Balaban J connectivity index is 2.62. The van der Waals surface area contributed by atoms with Gasteiger partial charge in [-0.05, 0) is 46.8 Å². The molecular weight excluding hydrogens is 272 g/mol. The Labute approximate surface area is 114 Å². The van der Waals surface area contributed by atoms with Gasteiger partial charge < -0.3 is 0 Å². The third-order valence-electron chi connectivity index (χ3n) is 4.30. The molecule has 0 atom stereocenters. The van der Waals surface area contributed by atoms with Crippen LogP contribution in [0.5, 0.6) is 0 Å². The van der Waals surface area contributed by atoms with Gasteiger partial charge in [-0.3, -0.25) is 0 Å². The van der Waals surface area contributed by atoms with Crippen LogP contribution in [0.15, 0.2) is 18.2 Å². The Morgan fingerprint density at radius 3 is 2.35 bits per heavy atom. The summed E-state index contributed by atoms with van der Waals surface area (Å²) in [6, 6.07) is 6.89. The minimum absolute atomic E-state index is 0.337. The van der Waals surface area contributed by atoms with Gasteiger partial charge >= 0.3 is 0 Å². The number of benzene rings is 1. The second-order valence-electron chi connectivity index (χ2n) is 6.55. The fourth-order valence-corrected chi connectivity index (χ4v) is 3.59. The van der Waals surface area contributed by atoms with Gasteiger partial charge in [0, 0.05) is 5.33 Å². The van der Waals surface area contributed by atoms with Crippen LogP contribution < -0.4 is 0 Å². The number of fused-ring (bicyclic) bond motifs is 1. The lowest BCUT2D eigenvalue weighted by Gasteiger charge is -2.43. The third-order valence-corrected chi connectivity index (χ3v) is 4.69. The third kappa shape index (κ3) is 2.31. The number of alkyl halides is 1. The highest BCUT2D eigenvalue weighted by atomic mass is 79.9. The van der Waals surface area contributed by atoms with Crippen molar-refractivity contribution in [3.63, 3.8) is 0 Å². The molecular formula is C16H23Br. The number of halogens is 1. The summed E-state index contributed by atoms with van der Waals surface area (Å²) in [4.78, 5) is 0. The van der Waals surface area contributed by atoms with Crippen LogP contribution in [0.3, 0.4) is 0 Å². The van der Waals surface area contributed by atoms with Crippen molar-refractivity contribution in [1.29, 1.82) is 0 Å². The highest BCUT2D eigenvalue weighted by Gasteiger charge is 2.37. The van der Waals surface area contributed by atoms with Crippen LogP contribution in [0.25, 0.3) is 0 Å². The molecule has 1 heteroatoms. The van der Waals surface area contributed by atoms with E-state index in [4.69, 9.17) is 0 Å². The maximum Gasteiger partial charge on any atom is 0.00719 e. The van der Waals surface area contributed by atoms with E-state index in [-0.39, 0.29) is 0 Å². The van der Waals surface area contributed by atoms with Crippen LogP contribution in [0, 0.1) is 0 Å². The van der Waals surface area contributed by atoms with E-state index in [1.165, 1.54) is 18.4 Å². The Morgan fingerprint density at radius 2 is 1.71 bits per heavy atom. The predicted octanol–water partition coefficient (Wildman–Crippen LogP) is 4.97. The first kappa shape index (κ1) is 13.1. The van der Waals surface area contributed by atoms with Crippen LogP contribution >= 0.6 is 15.9 Å². The van der Waals surface area contributed by atoms with Crippen LogP contribution in [-0.2, 0) is 17.3 Å². The molecule has 0 aliphatic heterocycles. The summed E-state index contributed by atoms with van der Waals surface area (Å²) in [5, 5.41) is 1.06. The molecule has 1 aliphatic rings. The summed E-state index contributed by atoms with van der Waals surface area (Å²) in [7, 11) is 0. The van der Waals surface area contributed by atoms with E-state index in [9.17, 15) is 0 Å². The molecule has 2 rings (SSSR count). The fourth-order valence-electron chi connectivity index (χ4n) is 3.16. The summed E-state index contributed by atoms with van der Waals surface area (Å²) in [6.07, 6.45) is 3.74. The molecule has 0 spiro atoms.